The van der Waals surface area contributed by atoms with Gasteiger partial charge in [-0.05, 0) is 32.7 Å². The van der Waals surface area contributed by atoms with Crippen LogP contribution in [0.5, 0.6) is 0 Å². The third-order valence-corrected chi connectivity index (χ3v) is 2.96. The van der Waals surface area contributed by atoms with Crippen molar-refractivity contribution in [1.29, 1.82) is 0 Å². The van der Waals surface area contributed by atoms with E-state index < -0.39 is 35.8 Å². The van der Waals surface area contributed by atoms with E-state index in [1.54, 1.807) is 0 Å². The number of carboxylic acid groups (broad SMARTS) is 1. The number of carbonyl (C=O) groups excluding carboxylic acids is 3. The molecular formula is C13H25N5O5. The molecule has 3 amide bonds. The normalized spacial score (nSPS) is 12.8. The summed E-state index contributed by atoms with van der Waals surface area (Å²) in [6.07, 6.45) is 1.49. The van der Waals surface area contributed by atoms with E-state index in [-0.39, 0.29) is 19.5 Å². The van der Waals surface area contributed by atoms with Crippen molar-refractivity contribution >= 4 is 23.7 Å². The quantitative estimate of drug-likeness (QED) is 0.222. The Kier molecular flexibility index (Phi) is 10.3. The fourth-order valence-corrected chi connectivity index (χ4v) is 1.68. The first-order valence-corrected chi connectivity index (χ1v) is 7.31. The van der Waals surface area contributed by atoms with Gasteiger partial charge < -0.3 is 32.5 Å². The average Bonchev–Trinajstić information content (AvgIpc) is 2.51. The predicted molar refractivity (Wildman–Crippen MR) is 82.1 cm³/mol. The monoisotopic (exact) mass is 331 g/mol. The fraction of sp³-hybridized carbons (Fsp3) is 0.692. The molecule has 2 atom stereocenters. The SMILES string of the molecule is CC(NC(=O)CN)C(=O)NCC(=O)NC(CCCCN)C(=O)O. The van der Waals surface area contributed by atoms with Gasteiger partial charge >= 0.3 is 5.97 Å². The zero-order valence-corrected chi connectivity index (χ0v) is 13.1. The van der Waals surface area contributed by atoms with E-state index in [1.165, 1.54) is 6.92 Å². The molecule has 0 saturated carbocycles. The molecule has 10 heteroatoms. The van der Waals surface area contributed by atoms with Gasteiger partial charge in [0.15, 0.2) is 0 Å². The van der Waals surface area contributed by atoms with Crippen LogP contribution in [0.25, 0.3) is 0 Å². The largest absolute Gasteiger partial charge is 0.480 e. The minimum Gasteiger partial charge on any atom is -0.480 e. The van der Waals surface area contributed by atoms with Crippen molar-refractivity contribution in [1.82, 2.24) is 16.0 Å². The van der Waals surface area contributed by atoms with E-state index >= 15 is 0 Å². The van der Waals surface area contributed by atoms with E-state index in [0.717, 1.165) is 0 Å². The molecule has 0 rings (SSSR count). The van der Waals surface area contributed by atoms with Gasteiger partial charge in [0.25, 0.3) is 0 Å². The molecular weight excluding hydrogens is 306 g/mol. The van der Waals surface area contributed by atoms with Crippen LogP contribution >= 0.6 is 0 Å². The summed E-state index contributed by atoms with van der Waals surface area (Å²) < 4.78 is 0. The summed E-state index contributed by atoms with van der Waals surface area (Å²) in [5.74, 6) is -2.85. The summed E-state index contributed by atoms with van der Waals surface area (Å²) in [6.45, 7) is 1.25. The standard InChI is InChI=1S/C13H25N5O5/c1-8(17-10(19)6-15)12(21)16-7-11(20)18-9(13(22)23)4-2-3-5-14/h8-9H,2-7,14-15H2,1H3,(H,16,21)(H,17,19)(H,18,20)(H,22,23). The Morgan fingerprint density at radius 1 is 1.04 bits per heavy atom. The van der Waals surface area contributed by atoms with E-state index in [9.17, 15) is 19.2 Å². The molecule has 0 aromatic heterocycles. The van der Waals surface area contributed by atoms with Crippen LogP contribution in [0.3, 0.4) is 0 Å². The minimum absolute atomic E-state index is 0.249. The van der Waals surface area contributed by atoms with Gasteiger partial charge in [-0.1, -0.05) is 0 Å². The predicted octanol–water partition coefficient (Wildman–Crippen LogP) is -2.74. The third kappa shape index (κ3) is 9.42. The average molecular weight is 331 g/mol. The molecule has 0 saturated heterocycles. The van der Waals surface area contributed by atoms with Crippen LogP contribution in [0.15, 0.2) is 0 Å². The molecule has 0 aromatic carbocycles. The van der Waals surface area contributed by atoms with Crippen LogP contribution < -0.4 is 27.4 Å². The Morgan fingerprint density at radius 2 is 1.70 bits per heavy atom. The minimum atomic E-state index is -1.15. The lowest BCUT2D eigenvalue weighted by atomic mass is 10.1. The molecule has 0 aliphatic carbocycles. The lowest BCUT2D eigenvalue weighted by Crippen LogP contribution is -2.50. The molecule has 0 aliphatic rings. The van der Waals surface area contributed by atoms with Crippen LogP contribution in [0, 0.1) is 0 Å². The van der Waals surface area contributed by atoms with Gasteiger partial charge in [-0.15, -0.1) is 0 Å². The molecule has 2 unspecified atom stereocenters. The first-order chi connectivity index (χ1) is 10.8. The summed E-state index contributed by atoms with van der Waals surface area (Å²) in [7, 11) is 0. The van der Waals surface area contributed by atoms with Crippen LogP contribution in [0.4, 0.5) is 0 Å². The van der Waals surface area contributed by atoms with Crippen molar-refractivity contribution in [2.24, 2.45) is 11.5 Å². The highest BCUT2D eigenvalue weighted by Gasteiger charge is 2.20. The Labute approximate surface area is 134 Å². The number of aliphatic carboxylic acids is 1. The van der Waals surface area contributed by atoms with Gasteiger partial charge in [0.2, 0.25) is 17.7 Å². The van der Waals surface area contributed by atoms with Crippen molar-refractivity contribution in [3.63, 3.8) is 0 Å². The molecule has 0 spiro atoms. The molecule has 0 aromatic rings. The number of unbranched alkanes of at least 4 members (excludes halogenated alkanes) is 1. The second-order valence-corrected chi connectivity index (χ2v) is 4.95. The van der Waals surface area contributed by atoms with Crippen molar-refractivity contribution in [3.8, 4) is 0 Å². The van der Waals surface area contributed by atoms with Crippen molar-refractivity contribution in [2.45, 2.75) is 38.3 Å². The highest BCUT2D eigenvalue weighted by molar-refractivity contribution is 5.91. The maximum absolute atomic E-state index is 11.7. The first kappa shape index (κ1) is 20.8. The maximum atomic E-state index is 11.7. The molecule has 23 heavy (non-hydrogen) atoms. The van der Waals surface area contributed by atoms with Crippen molar-refractivity contribution < 1.29 is 24.3 Å². The zero-order chi connectivity index (χ0) is 17.8. The van der Waals surface area contributed by atoms with Crippen LogP contribution in [0.2, 0.25) is 0 Å². The van der Waals surface area contributed by atoms with Gasteiger partial charge in [0.1, 0.15) is 12.1 Å². The number of rotatable bonds is 11. The van der Waals surface area contributed by atoms with Crippen molar-refractivity contribution in [3.05, 3.63) is 0 Å². The molecule has 0 fully saturated rings. The van der Waals surface area contributed by atoms with Gasteiger partial charge in [-0.2, -0.15) is 0 Å². The molecule has 132 valence electrons. The lowest BCUT2D eigenvalue weighted by Gasteiger charge is -2.16. The molecule has 0 heterocycles. The van der Waals surface area contributed by atoms with E-state index in [0.29, 0.717) is 19.4 Å². The molecule has 0 aliphatic heterocycles. The van der Waals surface area contributed by atoms with E-state index in [2.05, 4.69) is 16.0 Å². The summed E-state index contributed by atoms with van der Waals surface area (Å²) >= 11 is 0. The summed E-state index contributed by atoms with van der Waals surface area (Å²) in [4.78, 5) is 45.4. The Bertz CT molecular complexity index is 429. The highest BCUT2D eigenvalue weighted by Crippen LogP contribution is 2.00. The van der Waals surface area contributed by atoms with E-state index in [4.69, 9.17) is 16.6 Å². The molecule has 0 radical (unpaired) electrons. The molecule has 10 nitrogen and oxygen atoms in total. The number of carbonyl (C=O) groups is 4. The topological polar surface area (TPSA) is 177 Å². The van der Waals surface area contributed by atoms with Crippen LogP contribution in [-0.2, 0) is 19.2 Å². The Hall–Kier alpha value is -2.20. The molecule has 8 N–H and O–H groups in total. The number of carboxylic acids is 1. The molecule has 0 bridgehead atoms. The number of hydrogen-bond donors (Lipinski definition) is 6. The van der Waals surface area contributed by atoms with Gasteiger partial charge in [0, 0.05) is 0 Å². The van der Waals surface area contributed by atoms with Crippen LogP contribution in [0.1, 0.15) is 26.2 Å². The number of nitrogens with two attached hydrogens (primary N) is 2. The smallest absolute Gasteiger partial charge is 0.326 e. The van der Waals surface area contributed by atoms with Gasteiger partial charge in [-0.3, -0.25) is 14.4 Å². The second kappa shape index (κ2) is 11.4. The maximum Gasteiger partial charge on any atom is 0.326 e. The zero-order valence-electron chi connectivity index (χ0n) is 13.1. The highest BCUT2D eigenvalue weighted by atomic mass is 16.4. The summed E-state index contributed by atoms with van der Waals surface area (Å²) in [5.41, 5.74) is 10.4. The van der Waals surface area contributed by atoms with Crippen molar-refractivity contribution in [2.75, 3.05) is 19.6 Å². The third-order valence-electron chi connectivity index (χ3n) is 2.96. The Balaban J connectivity index is 4.23. The van der Waals surface area contributed by atoms with Crippen LogP contribution in [-0.4, -0.2) is 60.5 Å². The summed E-state index contributed by atoms with van der Waals surface area (Å²) in [5, 5.41) is 16.0. The summed E-state index contributed by atoms with van der Waals surface area (Å²) in [6, 6.07) is -1.88. The fourth-order valence-electron chi connectivity index (χ4n) is 1.68. The number of nitrogens with one attached hydrogen (secondary N) is 3. The van der Waals surface area contributed by atoms with Gasteiger partial charge in [-0.25, -0.2) is 4.79 Å². The number of amides is 3. The first-order valence-electron chi connectivity index (χ1n) is 7.31. The lowest BCUT2D eigenvalue weighted by molar-refractivity contribution is -0.142. The van der Waals surface area contributed by atoms with E-state index in [1.807, 2.05) is 0 Å². The second-order valence-electron chi connectivity index (χ2n) is 4.95. The Morgan fingerprint density at radius 3 is 2.22 bits per heavy atom. The van der Waals surface area contributed by atoms with Gasteiger partial charge in [0.05, 0.1) is 13.1 Å². The number of hydrogen-bond acceptors (Lipinski definition) is 6.